The molecule has 0 aliphatic carbocycles. The highest BCUT2D eigenvalue weighted by molar-refractivity contribution is 7.99. The van der Waals surface area contributed by atoms with Crippen LogP contribution in [0.4, 0.5) is 4.79 Å². The quantitative estimate of drug-likeness (QED) is 0.624. The van der Waals surface area contributed by atoms with Gasteiger partial charge in [-0.25, -0.2) is 9.59 Å². The molecule has 3 N–H and O–H groups in total. The fourth-order valence-corrected chi connectivity index (χ4v) is 3.45. The van der Waals surface area contributed by atoms with Gasteiger partial charge in [0.15, 0.2) is 0 Å². The number of carboxylic acids is 1. The van der Waals surface area contributed by atoms with Gasteiger partial charge < -0.3 is 20.6 Å². The average Bonchev–Trinajstić information content (AvgIpc) is 2.48. The lowest BCUT2D eigenvalue weighted by atomic mass is 10.3. The van der Waals surface area contributed by atoms with Crippen LogP contribution in [0.1, 0.15) is 0 Å². The molecule has 1 atom stereocenters. The number of hydrogen-bond donors (Lipinski definition) is 3. The van der Waals surface area contributed by atoms with Crippen molar-refractivity contribution in [1.82, 2.24) is 20.4 Å². The molecule has 2 rings (SSSR count). The van der Waals surface area contributed by atoms with Crippen molar-refractivity contribution < 1.29 is 14.7 Å². The van der Waals surface area contributed by atoms with Crippen molar-refractivity contribution in [3.63, 3.8) is 0 Å². The summed E-state index contributed by atoms with van der Waals surface area (Å²) in [5.74, 6) is 0.352. The molecule has 2 saturated heterocycles. The Balaban J connectivity index is 1.73. The summed E-state index contributed by atoms with van der Waals surface area (Å²) in [5.41, 5.74) is 0. The molecule has 0 bridgehead atoms. The van der Waals surface area contributed by atoms with Crippen LogP contribution in [0.3, 0.4) is 0 Å². The number of urea groups is 1. The number of nitrogens with zero attached hydrogens (tertiary/aromatic N) is 2. The van der Waals surface area contributed by atoms with E-state index in [2.05, 4.69) is 15.5 Å². The normalized spacial score (nSPS) is 24.4. The molecule has 114 valence electrons. The van der Waals surface area contributed by atoms with Crippen LogP contribution in [0.2, 0.25) is 0 Å². The summed E-state index contributed by atoms with van der Waals surface area (Å²) in [6, 6.07) is -0.958. The monoisotopic (exact) mass is 302 g/mol. The topological polar surface area (TPSA) is 84.9 Å². The van der Waals surface area contributed by atoms with Gasteiger partial charge >= 0.3 is 12.0 Å². The molecule has 7 nitrogen and oxygen atoms in total. The summed E-state index contributed by atoms with van der Waals surface area (Å²) in [6.07, 6.45) is 0. The molecular formula is C12H22N4O3S. The summed E-state index contributed by atoms with van der Waals surface area (Å²) in [6.45, 7) is 5.84. The third-order valence-electron chi connectivity index (χ3n) is 3.59. The lowest BCUT2D eigenvalue weighted by molar-refractivity contribution is -0.141. The van der Waals surface area contributed by atoms with Crippen LogP contribution in [0.5, 0.6) is 0 Å². The van der Waals surface area contributed by atoms with Crippen LogP contribution in [-0.2, 0) is 4.79 Å². The van der Waals surface area contributed by atoms with E-state index < -0.39 is 12.0 Å². The Bertz CT molecular complexity index is 350. The van der Waals surface area contributed by atoms with Gasteiger partial charge in [0.2, 0.25) is 0 Å². The van der Waals surface area contributed by atoms with Crippen molar-refractivity contribution >= 4 is 23.8 Å². The second-order valence-corrected chi connectivity index (χ2v) is 6.10. The number of rotatable bonds is 4. The number of piperazine rings is 1. The summed E-state index contributed by atoms with van der Waals surface area (Å²) in [4.78, 5) is 26.9. The van der Waals surface area contributed by atoms with Crippen molar-refractivity contribution in [2.45, 2.75) is 6.04 Å². The van der Waals surface area contributed by atoms with Gasteiger partial charge in [0, 0.05) is 57.3 Å². The lowest BCUT2D eigenvalue weighted by Crippen LogP contribution is -2.55. The van der Waals surface area contributed by atoms with E-state index in [9.17, 15) is 9.59 Å². The van der Waals surface area contributed by atoms with E-state index >= 15 is 0 Å². The molecule has 20 heavy (non-hydrogen) atoms. The van der Waals surface area contributed by atoms with Crippen molar-refractivity contribution in [3.8, 4) is 0 Å². The van der Waals surface area contributed by atoms with Gasteiger partial charge in [-0.2, -0.15) is 11.8 Å². The lowest BCUT2D eigenvalue weighted by Gasteiger charge is -2.33. The number of carbonyl (C=O) groups is 2. The largest absolute Gasteiger partial charge is 0.480 e. The minimum atomic E-state index is -0.922. The van der Waals surface area contributed by atoms with E-state index in [4.69, 9.17) is 5.11 Å². The molecule has 2 amide bonds. The van der Waals surface area contributed by atoms with Gasteiger partial charge in [-0.05, 0) is 0 Å². The van der Waals surface area contributed by atoms with Crippen molar-refractivity contribution in [2.75, 3.05) is 57.3 Å². The molecular weight excluding hydrogens is 280 g/mol. The second kappa shape index (κ2) is 7.70. The highest BCUT2D eigenvalue weighted by atomic mass is 32.2. The Morgan fingerprint density at radius 3 is 2.75 bits per heavy atom. The van der Waals surface area contributed by atoms with Crippen molar-refractivity contribution in [1.29, 1.82) is 0 Å². The molecule has 0 aromatic rings. The number of nitrogens with one attached hydrogen (secondary N) is 2. The maximum absolute atomic E-state index is 12.1. The van der Waals surface area contributed by atoms with Crippen LogP contribution in [0.15, 0.2) is 0 Å². The van der Waals surface area contributed by atoms with Gasteiger partial charge in [-0.15, -0.1) is 0 Å². The first-order chi connectivity index (χ1) is 9.68. The van der Waals surface area contributed by atoms with Gasteiger partial charge in [-0.1, -0.05) is 0 Å². The summed E-state index contributed by atoms with van der Waals surface area (Å²) in [5, 5.41) is 15.3. The van der Waals surface area contributed by atoms with Gasteiger partial charge in [-0.3, -0.25) is 4.90 Å². The number of thioether (sulfide) groups is 1. The Kier molecular flexibility index (Phi) is 5.93. The SMILES string of the molecule is O=C(O)C1CSCCN1C(=O)NCCN1CCNCC1. The molecule has 2 heterocycles. The van der Waals surface area contributed by atoms with Crippen molar-refractivity contribution in [3.05, 3.63) is 0 Å². The molecule has 0 radical (unpaired) electrons. The third kappa shape index (κ3) is 4.26. The van der Waals surface area contributed by atoms with Gasteiger partial charge in [0.1, 0.15) is 6.04 Å². The zero-order valence-corrected chi connectivity index (χ0v) is 12.3. The van der Waals surface area contributed by atoms with E-state index in [1.807, 2.05) is 0 Å². The fourth-order valence-electron chi connectivity index (χ4n) is 2.41. The number of aliphatic carboxylic acids is 1. The molecule has 0 aromatic carbocycles. The van der Waals surface area contributed by atoms with E-state index in [1.165, 1.54) is 4.90 Å². The minimum Gasteiger partial charge on any atom is -0.480 e. The first kappa shape index (κ1) is 15.4. The summed E-state index contributed by atoms with van der Waals surface area (Å²) in [7, 11) is 0. The molecule has 2 fully saturated rings. The number of hydrogen-bond acceptors (Lipinski definition) is 5. The van der Waals surface area contributed by atoms with E-state index in [0.717, 1.165) is 38.5 Å². The Labute approximate surface area is 123 Å². The van der Waals surface area contributed by atoms with Crippen LogP contribution in [0, 0.1) is 0 Å². The Morgan fingerprint density at radius 1 is 1.30 bits per heavy atom. The van der Waals surface area contributed by atoms with Crippen molar-refractivity contribution in [2.24, 2.45) is 0 Å². The Hall–Kier alpha value is -0.990. The maximum atomic E-state index is 12.1. The summed E-state index contributed by atoms with van der Waals surface area (Å²) >= 11 is 1.58. The fraction of sp³-hybridized carbons (Fsp3) is 0.833. The molecule has 0 aromatic heterocycles. The predicted octanol–water partition coefficient (Wildman–Crippen LogP) is -0.897. The first-order valence-electron chi connectivity index (χ1n) is 6.96. The van der Waals surface area contributed by atoms with E-state index in [1.54, 1.807) is 11.8 Å². The van der Waals surface area contributed by atoms with Crippen LogP contribution < -0.4 is 10.6 Å². The highest BCUT2D eigenvalue weighted by Crippen LogP contribution is 2.16. The zero-order valence-electron chi connectivity index (χ0n) is 11.5. The summed E-state index contributed by atoms with van der Waals surface area (Å²) < 4.78 is 0. The number of carboxylic acid groups (broad SMARTS) is 1. The third-order valence-corrected chi connectivity index (χ3v) is 4.61. The maximum Gasteiger partial charge on any atom is 0.327 e. The molecule has 0 saturated carbocycles. The van der Waals surface area contributed by atoms with Crippen LogP contribution in [0.25, 0.3) is 0 Å². The standard InChI is InChI=1S/C12H22N4O3S/c17-11(18)10-9-20-8-7-16(10)12(19)14-3-6-15-4-1-13-2-5-15/h10,13H,1-9H2,(H,14,19)(H,17,18). The molecule has 0 spiro atoms. The molecule has 2 aliphatic heterocycles. The molecule has 8 heteroatoms. The van der Waals surface area contributed by atoms with Gasteiger partial charge in [0.25, 0.3) is 0 Å². The predicted molar refractivity (Wildman–Crippen MR) is 78.2 cm³/mol. The Morgan fingerprint density at radius 2 is 2.05 bits per heavy atom. The average molecular weight is 302 g/mol. The second-order valence-electron chi connectivity index (χ2n) is 4.95. The van der Waals surface area contributed by atoms with Crippen LogP contribution >= 0.6 is 11.8 Å². The molecule has 2 aliphatic rings. The highest BCUT2D eigenvalue weighted by Gasteiger charge is 2.32. The van der Waals surface area contributed by atoms with Crippen LogP contribution in [-0.4, -0.2) is 90.3 Å². The number of amides is 2. The van der Waals surface area contributed by atoms with Gasteiger partial charge in [0.05, 0.1) is 0 Å². The molecule has 1 unspecified atom stereocenters. The first-order valence-corrected chi connectivity index (χ1v) is 8.12. The minimum absolute atomic E-state index is 0.257. The van der Waals surface area contributed by atoms with E-state index in [0.29, 0.717) is 18.8 Å². The zero-order chi connectivity index (χ0) is 14.4. The van der Waals surface area contributed by atoms with E-state index in [-0.39, 0.29) is 6.03 Å². The smallest absolute Gasteiger partial charge is 0.327 e. The number of carbonyl (C=O) groups excluding carboxylic acids is 1.